The minimum Gasteiger partial charge on any atom is -0.480 e. The fraction of sp³-hybridized carbons (Fsp3) is 0.500. The van der Waals surface area contributed by atoms with Crippen LogP contribution in [0.2, 0.25) is 5.21 Å². The van der Waals surface area contributed by atoms with Gasteiger partial charge in [0.15, 0.2) is 5.79 Å². The SMILES string of the molecule is BC1(B)OC2(C[C@@H](C(=O)O)N(C(=O)OCc3ccccc3)C2)OC(B)(B)C1(B)B. The molecule has 1 aromatic rings. The number of nitrogens with zero attached hydrogens (tertiary/aromatic N) is 1. The molecule has 1 aromatic carbocycles. The Balaban J connectivity index is 1.82. The molecule has 0 aliphatic carbocycles. The molecule has 2 aliphatic heterocycles. The predicted molar refractivity (Wildman–Crippen MR) is 124 cm³/mol. The Bertz CT molecular complexity index is 784. The van der Waals surface area contributed by atoms with Crippen LogP contribution >= 0.6 is 0 Å². The first kappa shape index (κ1) is 22.0. The van der Waals surface area contributed by atoms with Crippen LogP contribution < -0.4 is 0 Å². The molecule has 1 spiro atoms. The van der Waals surface area contributed by atoms with E-state index >= 15 is 0 Å². The molecule has 2 fully saturated rings. The van der Waals surface area contributed by atoms with Gasteiger partial charge in [-0.25, -0.2) is 9.59 Å². The van der Waals surface area contributed by atoms with Gasteiger partial charge in [-0.2, -0.15) is 0 Å². The molecule has 2 heterocycles. The lowest BCUT2D eigenvalue weighted by Gasteiger charge is -2.62. The van der Waals surface area contributed by atoms with Crippen molar-refractivity contribution in [2.45, 2.75) is 40.9 Å². The molecule has 0 saturated carbocycles. The summed E-state index contributed by atoms with van der Waals surface area (Å²) < 4.78 is 18.1. The van der Waals surface area contributed by atoms with E-state index in [4.69, 9.17) is 14.2 Å². The average molecular weight is 392 g/mol. The monoisotopic (exact) mass is 393 g/mol. The van der Waals surface area contributed by atoms with Crippen LogP contribution in [0, 0.1) is 0 Å². The third-order valence-corrected chi connectivity index (χ3v) is 6.91. The molecule has 1 N–H and O–H groups in total. The van der Waals surface area contributed by atoms with E-state index in [1.54, 1.807) is 0 Å². The zero-order valence-corrected chi connectivity index (χ0v) is 18.0. The van der Waals surface area contributed by atoms with Gasteiger partial charge >= 0.3 is 12.1 Å². The Morgan fingerprint density at radius 1 is 1.07 bits per heavy atom. The first-order valence-corrected chi connectivity index (χ1v) is 9.91. The summed E-state index contributed by atoms with van der Waals surface area (Å²) in [6.07, 6.45) is -0.642. The minimum atomic E-state index is -1.20. The molecule has 7 nitrogen and oxygen atoms in total. The van der Waals surface area contributed by atoms with E-state index in [1.807, 2.05) is 61.7 Å². The van der Waals surface area contributed by atoms with E-state index in [1.165, 1.54) is 4.90 Å². The summed E-state index contributed by atoms with van der Waals surface area (Å²) in [4.78, 5) is 25.8. The zero-order valence-electron chi connectivity index (χ0n) is 18.0. The summed E-state index contributed by atoms with van der Waals surface area (Å²) in [6, 6.07) is 8.18. The fourth-order valence-corrected chi connectivity index (χ4v) is 4.13. The Kier molecular flexibility index (Phi) is 5.45. The van der Waals surface area contributed by atoms with Gasteiger partial charge in [-0.15, -0.1) is 0 Å². The summed E-state index contributed by atoms with van der Waals surface area (Å²) in [5.74, 6) is -2.30. The van der Waals surface area contributed by atoms with Crippen molar-refractivity contribution < 1.29 is 28.9 Å². The Hall–Kier alpha value is -1.73. The molecule has 2 aliphatic rings. The van der Waals surface area contributed by atoms with Gasteiger partial charge in [0.2, 0.25) is 0 Å². The van der Waals surface area contributed by atoms with Crippen molar-refractivity contribution in [2.24, 2.45) is 0 Å². The fourth-order valence-electron chi connectivity index (χ4n) is 4.13. The van der Waals surface area contributed by atoms with Gasteiger partial charge in [-0.1, -0.05) is 35.5 Å². The largest absolute Gasteiger partial charge is 0.480 e. The zero-order chi connectivity index (χ0) is 21.7. The van der Waals surface area contributed by atoms with Gasteiger partial charge in [0, 0.05) is 17.2 Å². The normalized spacial score (nSPS) is 26.1. The third-order valence-electron chi connectivity index (χ3n) is 6.91. The average Bonchev–Trinajstić information content (AvgIpc) is 2.97. The summed E-state index contributed by atoms with van der Waals surface area (Å²) in [5, 5.41) is 8.20. The van der Waals surface area contributed by atoms with Gasteiger partial charge < -0.3 is 19.3 Å². The highest BCUT2D eigenvalue weighted by molar-refractivity contribution is 6.61. The van der Waals surface area contributed by atoms with Crippen molar-refractivity contribution in [1.82, 2.24) is 4.90 Å². The van der Waals surface area contributed by atoms with E-state index < -0.39 is 34.7 Å². The van der Waals surface area contributed by atoms with Crippen molar-refractivity contribution in [1.29, 1.82) is 0 Å². The molecule has 0 aromatic heterocycles. The number of ether oxygens (including phenoxy) is 3. The van der Waals surface area contributed by atoms with Crippen molar-refractivity contribution in [3.63, 3.8) is 0 Å². The van der Waals surface area contributed by atoms with Gasteiger partial charge in [0.25, 0.3) is 0 Å². The summed E-state index contributed by atoms with van der Waals surface area (Å²) in [5.41, 5.74) is 0.829. The second-order valence-corrected chi connectivity index (χ2v) is 9.49. The van der Waals surface area contributed by atoms with Crippen LogP contribution in [-0.2, 0) is 25.6 Å². The van der Waals surface area contributed by atoms with Crippen LogP contribution in [0.5, 0.6) is 0 Å². The highest BCUT2D eigenvalue weighted by atomic mass is 16.7. The third kappa shape index (κ3) is 3.87. The van der Waals surface area contributed by atoms with Gasteiger partial charge in [0.05, 0.1) is 6.54 Å². The van der Waals surface area contributed by atoms with E-state index in [2.05, 4.69) is 15.7 Å². The van der Waals surface area contributed by atoms with Crippen LogP contribution in [0.4, 0.5) is 4.79 Å². The Morgan fingerprint density at radius 2 is 1.62 bits per heavy atom. The molecular formula is C16H25B6NO6. The highest BCUT2D eigenvalue weighted by Crippen LogP contribution is 2.52. The standard InChI is InChI=1S/C16H25B6NO6/c17-14(18)15(19,20)28-13(29-16(14,21)22)6-10(11(24)25)23(8-13)12(26)27-7-9-4-2-1-3-5-9/h1-5,10H,6-8,17-22H2,(H,24,25)/t10-/m0/s1. The first-order chi connectivity index (χ1) is 13.3. The smallest absolute Gasteiger partial charge is 0.411 e. The topological polar surface area (TPSA) is 85.3 Å². The molecule has 2 saturated heterocycles. The lowest BCUT2D eigenvalue weighted by Crippen LogP contribution is -2.72. The van der Waals surface area contributed by atoms with Crippen LogP contribution in [-0.4, -0.2) is 98.3 Å². The summed E-state index contributed by atoms with van der Waals surface area (Å²) in [6.45, 7) is 0.0712. The van der Waals surface area contributed by atoms with E-state index in [0.29, 0.717) is 0 Å². The number of benzene rings is 1. The molecule has 0 radical (unpaired) electrons. The molecule has 13 heteroatoms. The number of amides is 1. The molecular weight excluding hydrogens is 367 g/mol. The minimum absolute atomic E-state index is 0.000525. The lowest BCUT2D eigenvalue weighted by atomic mass is 9.24. The van der Waals surface area contributed by atoms with Crippen molar-refractivity contribution in [2.75, 3.05) is 6.54 Å². The number of carboxylic acid groups (broad SMARTS) is 1. The molecule has 0 unspecified atom stereocenters. The maximum Gasteiger partial charge on any atom is 0.411 e. The molecule has 3 rings (SSSR count). The number of likely N-dealkylation sites (tertiary alicyclic amines) is 1. The van der Waals surface area contributed by atoms with Crippen LogP contribution in [0.15, 0.2) is 30.3 Å². The van der Waals surface area contributed by atoms with Crippen molar-refractivity contribution in [3.05, 3.63) is 35.9 Å². The van der Waals surface area contributed by atoms with Gasteiger partial charge in [-0.3, -0.25) is 4.90 Å². The van der Waals surface area contributed by atoms with Crippen LogP contribution in [0.3, 0.4) is 0 Å². The molecule has 148 valence electrons. The number of carbonyl (C=O) groups excluding carboxylic acids is 1. The van der Waals surface area contributed by atoms with E-state index in [9.17, 15) is 14.7 Å². The second-order valence-electron chi connectivity index (χ2n) is 9.49. The number of carboxylic acids is 1. The van der Waals surface area contributed by atoms with Crippen molar-refractivity contribution >= 4 is 59.1 Å². The van der Waals surface area contributed by atoms with Gasteiger partial charge in [-0.05, 0) is 5.56 Å². The Labute approximate surface area is 176 Å². The first-order valence-electron chi connectivity index (χ1n) is 9.91. The van der Waals surface area contributed by atoms with Crippen LogP contribution in [0.1, 0.15) is 12.0 Å². The number of carbonyl (C=O) groups is 2. The second kappa shape index (κ2) is 7.20. The molecule has 0 bridgehead atoms. The number of hydrogen-bond acceptors (Lipinski definition) is 5. The summed E-state index contributed by atoms with van der Waals surface area (Å²) in [7, 11) is 12.0. The van der Waals surface area contributed by atoms with Gasteiger partial charge in [0.1, 0.15) is 59.7 Å². The predicted octanol–water partition coefficient (Wildman–Crippen LogP) is -4.55. The maximum absolute atomic E-state index is 12.7. The number of hydrogen-bond donors (Lipinski definition) is 1. The lowest BCUT2D eigenvalue weighted by molar-refractivity contribution is -0.305. The molecule has 29 heavy (non-hydrogen) atoms. The van der Waals surface area contributed by atoms with E-state index in [-0.39, 0.29) is 24.8 Å². The van der Waals surface area contributed by atoms with Crippen molar-refractivity contribution in [3.8, 4) is 0 Å². The quantitative estimate of drug-likeness (QED) is 0.522. The Morgan fingerprint density at radius 3 is 2.14 bits per heavy atom. The molecule has 1 atom stereocenters. The van der Waals surface area contributed by atoms with Crippen LogP contribution in [0.25, 0.3) is 0 Å². The highest BCUT2D eigenvalue weighted by Gasteiger charge is 2.63. The number of aliphatic carboxylic acids is 1. The number of rotatable bonds is 3. The molecule has 1 amide bonds. The van der Waals surface area contributed by atoms with E-state index in [0.717, 1.165) is 5.56 Å². The summed E-state index contributed by atoms with van der Waals surface area (Å²) >= 11 is 0. The maximum atomic E-state index is 12.7.